The Morgan fingerprint density at radius 1 is 1.16 bits per heavy atom. The van der Waals surface area contributed by atoms with Crippen LogP contribution in [0.2, 0.25) is 5.15 Å². The van der Waals surface area contributed by atoms with Crippen LogP contribution in [0.4, 0.5) is 0 Å². The standard InChI is InChI=1S/C15H14ClNO2/c1-10(2)19-13-5-3-11(4-6-13)15(18)12-7-8-17-14(16)9-12/h3-10H,1-2H3. The van der Waals surface area contributed by atoms with Crippen LogP contribution in [0.15, 0.2) is 42.6 Å². The number of nitrogens with zero attached hydrogens (tertiary/aromatic N) is 1. The number of ketones is 1. The van der Waals surface area contributed by atoms with Crippen molar-refractivity contribution in [2.75, 3.05) is 0 Å². The summed E-state index contributed by atoms with van der Waals surface area (Å²) in [4.78, 5) is 16.1. The quantitative estimate of drug-likeness (QED) is 0.630. The normalized spacial score (nSPS) is 10.5. The zero-order valence-corrected chi connectivity index (χ0v) is 11.5. The molecule has 19 heavy (non-hydrogen) atoms. The fourth-order valence-electron chi connectivity index (χ4n) is 1.67. The van der Waals surface area contributed by atoms with E-state index in [1.807, 2.05) is 13.8 Å². The van der Waals surface area contributed by atoms with Crippen LogP contribution in [0, 0.1) is 0 Å². The average Bonchev–Trinajstić information content (AvgIpc) is 2.38. The van der Waals surface area contributed by atoms with Gasteiger partial charge in [0, 0.05) is 17.3 Å². The van der Waals surface area contributed by atoms with E-state index >= 15 is 0 Å². The maximum atomic E-state index is 12.2. The lowest BCUT2D eigenvalue weighted by atomic mass is 10.0. The van der Waals surface area contributed by atoms with Crippen LogP contribution in [0.5, 0.6) is 5.75 Å². The minimum Gasteiger partial charge on any atom is -0.491 e. The van der Waals surface area contributed by atoms with Gasteiger partial charge in [-0.05, 0) is 50.2 Å². The Bertz CT molecular complexity index is 579. The van der Waals surface area contributed by atoms with Crippen LogP contribution >= 0.6 is 11.6 Å². The van der Waals surface area contributed by atoms with E-state index in [1.54, 1.807) is 36.4 Å². The molecule has 3 nitrogen and oxygen atoms in total. The summed E-state index contributed by atoms with van der Waals surface area (Å²) in [5.41, 5.74) is 1.12. The highest BCUT2D eigenvalue weighted by Crippen LogP contribution is 2.17. The molecule has 0 N–H and O–H groups in total. The molecule has 1 aromatic carbocycles. The van der Waals surface area contributed by atoms with Gasteiger partial charge in [0.1, 0.15) is 10.9 Å². The highest BCUT2D eigenvalue weighted by molar-refractivity contribution is 6.29. The van der Waals surface area contributed by atoms with Gasteiger partial charge in [0.25, 0.3) is 0 Å². The number of ether oxygens (including phenoxy) is 1. The Labute approximate surface area is 117 Å². The molecular weight excluding hydrogens is 262 g/mol. The predicted octanol–water partition coefficient (Wildman–Crippen LogP) is 3.75. The molecule has 0 radical (unpaired) electrons. The van der Waals surface area contributed by atoms with Gasteiger partial charge in [-0.15, -0.1) is 0 Å². The SMILES string of the molecule is CC(C)Oc1ccc(C(=O)c2ccnc(Cl)c2)cc1. The first-order valence-corrected chi connectivity index (χ1v) is 6.37. The molecule has 0 aliphatic heterocycles. The molecule has 0 saturated carbocycles. The van der Waals surface area contributed by atoms with E-state index in [2.05, 4.69) is 4.98 Å². The van der Waals surface area contributed by atoms with Gasteiger partial charge in [0.15, 0.2) is 5.78 Å². The topological polar surface area (TPSA) is 39.2 Å². The number of halogens is 1. The molecule has 2 aromatic rings. The summed E-state index contributed by atoms with van der Waals surface area (Å²) >= 11 is 5.78. The number of hydrogen-bond acceptors (Lipinski definition) is 3. The van der Waals surface area contributed by atoms with E-state index in [4.69, 9.17) is 16.3 Å². The maximum Gasteiger partial charge on any atom is 0.193 e. The first-order chi connectivity index (χ1) is 9.06. The fraction of sp³-hybridized carbons (Fsp3) is 0.200. The summed E-state index contributed by atoms with van der Waals surface area (Å²) in [6.07, 6.45) is 1.63. The lowest BCUT2D eigenvalue weighted by Gasteiger charge is -2.09. The molecule has 0 aliphatic carbocycles. The van der Waals surface area contributed by atoms with Crippen LogP contribution in [0.3, 0.4) is 0 Å². The highest BCUT2D eigenvalue weighted by Gasteiger charge is 2.10. The third-order valence-corrected chi connectivity index (χ3v) is 2.68. The number of rotatable bonds is 4. The van der Waals surface area contributed by atoms with E-state index in [0.29, 0.717) is 16.3 Å². The Kier molecular flexibility index (Phi) is 4.17. The summed E-state index contributed by atoms with van der Waals surface area (Å²) in [5.74, 6) is 0.666. The number of carbonyl (C=O) groups excluding carboxylic acids is 1. The van der Waals surface area contributed by atoms with Crippen LogP contribution in [0.1, 0.15) is 29.8 Å². The second kappa shape index (κ2) is 5.85. The lowest BCUT2D eigenvalue weighted by Crippen LogP contribution is -2.06. The minimum absolute atomic E-state index is 0.0830. The van der Waals surface area contributed by atoms with Gasteiger partial charge in [-0.25, -0.2) is 4.98 Å². The number of hydrogen-bond donors (Lipinski definition) is 0. The molecule has 1 heterocycles. The van der Waals surface area contributed by atoms with Crippen LogP contribution in [-0.4, -0.2) is 16.9 Å². The zero-order valence-electron chi connectivity index (χ0n) is 10.8. The Morgan fingerprint density at radius 2 is 1.84 bits per heavy atom. The van der Waals surface area contributed by atoms with Crippen molar-refractivity contribution >= 4 is 17.4 Å². The smallest absolute Gasteiger partial charge is 0.193 e. The maximum absolute atomic E-state index is 12.2. The van der Waals surface area contributed by atoms with Crippen molar-refractivity contribution in [3.8, 4) is 5.75 Å². The molecule has 1 aromatic heterocycles. The Hall–Kier alpha value is -1.87. The average molecular weight is 276 g/mol. The molecule has 0 bridgehead atoms. The van der Waals surface area contributed by atoms with E-state index in [-0.39, 0.29) is 11.9 Å². The van der Waals surface area contributed by atoms with Crippen molar-refractivity contribution in [1.29, 1.82) is 0 Å². The van der Waals surface area contributed by atoms with Crippen molar-refractivity contribution in [2.24, 2.45) is 0 Å². The first kappa shape index (κ1) is 13.6. The van der Waals surface area contributed by atoms with Crippen molar-refractivity contribution in [3.63, 3.8) is 0 Å². The minimum atomic E-state index is -0.0830. The summed E-state index contributed by atoms with van der Waals surface area (Å²) in [7, 11) is 0. The number of benzene rings is 1. The monoisotopic (exact) mass is 275 g/mol. The molecule has 0 saturated heterocycles. The predicted molar refractivity (Wildman–Crippen MR) is 74.9 cm³/mol. The van der Waals surface area contributed by atoms with Gasteiger partial charge in [-0.3, -0.25) is 4.79 Å². The lowest BCUT2D eigenvalue weighted by molar-refractivity contribution is 0.103. The third kappa shape index (κ3) is 3.55. The number of aromatic nitrogens is 1. The summed E-state index contributed by atoms with van der Waals surface area (Å²) in [6, 6.07) is 10.3. The highest BCUT2D eigenvalue weighted by atomic mass is 35.5. The van der Waals surface area contributed by atoms with E-state index in [9.17, 15) is 4.79 Å². The summed E-state index contributed by atoms with van der Waals surface area (Å²) in [5, 5.41) is 0.311. The Morgan fingerprint density at radius 3 is 2.42 bits per heavy atom. The van der Waals surface area contributed by atoms with Gasteiger partial charge >= 0.3 is 0 Å². The van der Waals surface area contributed by atoms with E-state index in [1.165, 1.54) is 6.20 Å². The molecule has 0 aliphatic rings. The number of carbonyl (C=O) groups is 1. The summed E-state index contributed by atoms with van der Waals surface area (Å²) < 4.78 is 5.53. The molecule has 2 rings (SSSR count). The Balaban J connectivity index is 2.20. The van der Waals surface area contributed by atoms with Crippen molar-refractivity contribution < 1.29 is 9.53 Å². The van der Waals surface area contributed by atoms with Crippen LogP contribution < -0.4 is 4.74 Å². The van der Waals surface area contributed by atoms with Gasteiger partial charge < -0.3 is 4.74 Å². The van der Waals surface area contributed by atoms with Gasteiger partial charge in [-0.2, -0.15) is 0 Å². The molecule has 0 amide bonds. The molecule has 0 unspecified atom stereocenters. The van der Waals surface area contributed by atoms with E-state index in [0.717, 1.165) is 5.75 Å². The zero-order chi connectivity index (χ0) is 13.8. The van der Waals surface area contributed by atoms with Crippen molar-refractivity contribution in [2.45, 2.75) is 20.0 Å². The second-order valence-electron chi connectivity index (χ2n) is 4.39. The molecule has 0 spiro atoms. The molecule has 4 heteroatoms. The molecular formula is C15H14ClNO2. The molecule has 98 valence electrons. The first-order valence-electron chi connectivity index (χ1n) is 5.99. The molecule has 0 atom stereocenters. The molecule has 0 fully saturated rings. The van der Waals surface area contributed by atoms with Gasteiger partial charge in [0.05, 0.1) is 6.10 Å². The summed E-state index contributed by atoms with van der Waals surface area (Å²) in [6.45, 7) is 3.91. The number of pyridine rings is 1. The largest absolute Gasteiger partial charge is 0.491 e. The van der Waals surface area contributed by atoms with Crippen LogP contribution in [-0.2, 0) is 0 Å². The van der Waals surface area contributed by atoms with Crippen LogP contribution in [0.25, 0.3) is 0 Å². The van der Waals surface area contributed by atoms with Crippen molar-refractivity contribution in [3.05, 3.63) is 58.9 Å². The third-order valence-electron chi connectivity index (χ3n) is 2.48. The van der Waals surface area contributed by atoms with E-state index < -0.39 is 0 Å². The fourth-order valence-corrected chi connectivity index (χ4v) is 1.84. The van der Waals surface area contributed by atoms with Gasteiger partial charge in [-0.1, -0.05) is 11.6 Å². The van der Waals surface area contributed by atoms with Gasteiger partial charge in [0.2, 0.25) is 0 Å². The van der Waals surface area contributed by atoms with Crippen molar-refractivity contribution in [1.82, 2.24) is 4.98 Å². The second-order valence-corrected chi connectivity index (χ2v) is 4.77.